The monoisotopic (exact) mass is 271 g/mol. The summed E-state index contributed by atoms with van der Waals surface area (Å²) < 4.78 is 15.4. The van der Waals surface area contributed by atoms with Gasteiger partial charge in [0.05, 0.1) is 5.69 Å². The van der Waals surface area contributed by atoms with Gasteiger partial charge in [-0.25, -0.2) is 13.9 Å². The number of aryl methyl sites for hydroxylation is 1. The maximum atomic E-state index is 13.7. The van der Waals surface area contributed by atoms with E-state index in [0.29, 0.717) is 11.3 Å². The molecule has 5 nitrogen and oxygen atoms in total. The van der Waals surface area contributed by atoms with Crippen molar-refractivity contribution in [1.29, 1.82) is 0 Å². The molecule has 0 amide bonds. The predicted octanol–water partition coefficient (Wildman–Crippen LogP) is 2.26. The molecule has 0 aliphatic carbocycles. The minimum Gasteiger partial charge on any atom is -0.396 e. The molecule has 0 radical (unpaired) electrons. The number of nitrogens with zero attached hydrogens (tertiary/aromatic N) is 3. The van der Waals surface area contributed by atoms with E-state index in [0.717, 1.165) is 23.1 Å². The van der Waals surface area contributed by atoms with Crippen molar-refractivity contribution in [3.8, 4) is 11.1 Å². The Hall–Kier alpha value is -2.63. The van der Waals surface area contributed by atoms with Gasteiger partial charge in [0.2, 0.25) is 0 Å². The molecule has 0 unspecified atom stereocenters. The molecule has 0 saturated carbocycles. The number of hydrogen-bond acceptors (Lipinski definition) is 4. The van der Waals surface area contributed by atoms with Gasteiger partial charge < -0.3 is 11.5 Å². The molecule has 3 aromatic rings. The van der Waals surface area contributed by atoms with Crippen molar-refractivity contribution < 1.29 is 4.39 Å². The largest absolute Gasteiger partial charge is 0.396 e. The van der Waals surface area contributed by atoms with Crippen LogP contribution < -0.4 is 11.5 Å². The lowest BCUT2D eigenvalue weighted by atomic mass is 10.0. The highest BCUT2D eigenvalue weighted by Gasteiger charge is 2.16. The lowest BCUT2D eigenvalue weighted by Gasteiger charge is -2.06. The standard InChI is InChI=1S/C14H14FN5/c1-2-8-6-20-13(14(17)18-7-19-20)12(8)9-3-4-11(16)10(15)5-9/h3-7H,2,16H2,1H3,(H2,17,18,19). The van der Waals surface area contributed by atoms with Gasteiger partial charge in [0.15, 0.2) is 5.82 Å². The highest BCUT2D eigenvalue weighted by Crippen LogP contribution is 2.33. The lowest BCUT2D eigenvalue weighted by molar-refractivity contribution is 0.633. The average Bonchev–Trinajstić information content (AvgIpc) is 2.82. The van der Waals surface area contributed by atoms with Crippen LogP contribution in [-0.4, -0.2) is 14.6 Å². The molecule has 3 rings (SSSR count). The Kier molecular flexibility index (Phi) is 2.78. The Bertz CT molecular complexity index is 794. The van der Waals surface area contributed by atoms with Crippen LogP contribution in [0.5, 0.6) is 0 Å². The Balaban J connectivity index is 2.36. The SMILES string of the molecule is CCc1cn2ncnc(N)c2c1-c1ccc(N)c(F)c1. The van der Waals surface area contributed by atoms with E-state index in [2.05, 4.69) is 10.1 Å². The topological polar surface area (TPSA) is 82.2 Å². The minimum atomic E-state index is -0.445. The van der Waals surface area contributed by atoms with Gasteiger partial charge in [0.1, 0.15) is 17.7 Å². The lowest BCUT2D eigenvalue weighted by Crippen LogP contribution is -1.98. The number of hydrogen-bond donors (Lipinski definition) is 2. The van der Waals surface area contributed by atoms with Gasteiger partial charge in [-0.15, -0.1) is 0 Å². The second-order valence-electron chi connectivity index (χ2n) is 4.56. The zero-order valence-corrected chi connectivity index (χ0v) is 11.0. The Labute approximate surface area is 115 Å². The van der Waals surface area contributed by atoms with Gasteiger partial charge in [-0.1, -0.05) is 13.0 Å². The van der Waals surface area contributed by atoms with Crippen molar-refractivity contribution in [1.82, 2.24) is 14.6 Å². The third-order valence-corrected chi connectivity index (χ3v) is 3.35. The fraction of sp³-hybridized carbons (Fsp3) is 0.143. The summed E-state index contributed by atoms with van der Waals surface area (Å²) in [5, 5.41) is 4.14. The number of benzene rings is 1. The molecule has 0 bridgehead atoms. The highest BCUT2D eigenvalue weighted by molar-refractivity contribution is 5.90. The first-order valence-corrected chi connectivity index (χ1v) is 6.28. The third-order valence-electron chi connectivity index (χ3n) is 3.35. The second-order valence-corrected chi connectivity index (χ2v) is 4.56. The first-order chi connectivity index (χ1) is 9.61. The van der Waals surface area contributed by atoms with Gasteiger partial charge >= 0.3 is 0 Å². The number of rotatable bonds is 2. The van der Waals surface area contributed by atoms with Crippen molar-refractivity contribution in [3.05, 3.63) is 42.1 Å². The maximum absolute atomic E-state index is 13.7. The van der Waals surface area contributed by atoms with Crippen LogP contribution in [-0.2, 0) is 6.42 Å². The normalized spacial score (nSPS) is 11.1. The van der Waals surface area contributed by atoms with Crippen LogP contribution in [0.4, 0.5) is 15.9 Å². The summed E-state index contributed by atoms with van der Waals surface area (Å²) in [5.74, 6) is -0.0775. The third kappa shape index (κ3) is 1.77. The van der Waals surface area contributed by atoms with E-state index in [1.807, 2.05) is 13.1 Å². The predicted molar refractivity (Wildman–Crippen MR) is 76.6 cm³/mol. The Morgan fingerprint density at radius 3 is 2.80 bits per heavy atom. The van der Waals surface area contributed by atoms with Crippen molar-refractivity contribution >= 4 is 17.0 Å². The molecule has 2 aromatic heterocycles. The van der Waals surface area contributed by atoms with Crippen LogP contribution in [0.15, 0.2) is 30.7 Å². The summed E-state index contributed by atoms with van der Waals surface area (Å²) in [5.41, 5.74) is 14.9. The summed E-state index contributed by atoms with van der Waals surface area (Å²) in [6.45, 7) is 2.02. The number of fused-ring (bicyclic) bond motifs is 1. The van der Waals surface area contributed by atoms with E-state index in [1.54, 1.807) is 16.6 Å². The summed E-state index contributed by atoms with van der Waals surface area (Å²) in [6.07, 6.45) is 4.07. The molecule has 4 N–H and O–H groups in total. The van der Waals surface area contributed by atoms with Crippen molar-refractivity contribution in [2.75, 3.05) is 11.5 Å². The molecule has 1 aromatic carbocycles. The van der Waals surface area contributed by atoms with Crippen LogP contribution in [0.1, 0.15) is 12.5 Å². The molecule has 0 fully saturated rings. The van der Waals surface area contributed by atoms with Crippen molar-refractivity contribution in [2.45, 2.75) is 13.3 Å². The first-order valence-electron chi connectivity index (χ1n) is 6.28. The minimum absolute atomic E-state index is 0.125. The van der Waals surface area contributed by atoms with Gasteiger partial charge in [0.25, 0.3) is 0 Å². The fourth-order valence-corrected chi connectivity index (χ4v) is 2.36. The van der Waals surface area contributed by atoms with Crippen LogP contribution in [0.2, 0.25) is 0 Å². The molecule has 102 valence electrons. The summed E-state index contributed by atoms with van der Waals surface area (Å²) in [7, 11) is 0. The van der Waals surface area contributed by atoms with Gasteiger partial charge in [-0.05, 0) is 29.7 Å². The fourth-order valence-electron chi connectivity index (χ4n) is 2.36. The van der Waals surface area contributed by atoms with E-state index >= 15 is 0 Å². The van der Waals surface area contributed by atoms with E-state index in [4.69, 9.17) is 11.5 Å². The molecule has 0 spiro atoms. The zero-order chi connectivity index (χ0) is 14.3. The van der Waals surface area contributed by atoms with Gasteiger partial charge in [-0.3, -0.25) is 0 Å². The number of nitrogen functional groups attached to an aromatic ring is 2. The smallest absolute Gasteiger partial charge is 0.151 e. The zero-order valence-electron chi connectivity index (χ0n) is 11.0. The molecular weight excluding hydrogens is 257 g/mol. The molecule has 20 heavy (non-hydrogen) atoms. The number of anilines is 2. The molecular formula is C14H14FN5. The van der Waals surface area contributed by atoms with Crippen LogP contribution in [0, 0.1) is 5.82 Å². The van der Waals surface area contributed by atoms with E-state index in [9.17, 15) is 4.39 Å². The van der Waals surface area contributed by atoms with Crippen LogP contribution in [0.3, 0.4) is 0 Å². The molecule has 0 atom stereocenters. The highest BCUT2D eigenvalue weighted by atomic mass is 19.1. The quantitative estimate of drug-likeness (QED) is 0.700. The number of aromatic nitrogens is 3. The molecule has 2 heterocycles. The Morgan fingerprint density at radius 1 is 1.30 bits per heavy atom. The molecule has 6 heteroatoms. The molecule has 0 saturated heterocycles. The van der Waals surface area contributed by atoms with Gasteiger partial charge in [0, 0.05) is 11.8 Å². The summed E-state index contributed by atoms with van der Waals surface area (Å²) >= 11 is 0. The number of halogens is 1. The second kappa shape index (κ2) is 4.48. The average molecular weight is 271 g/mol. The van der Waals surface area contributed by atoms with Crippen LogP contribution in [0.25, 0.3) is 16.6 Å². The number of nitrogens with two attached hydrogens (primary N) is 2. The van der Waals surface area contributed by atoms with E-state index in [-0.39, 0.29) is 5.69 Å². The van der Waals surface area contributed by atoms with E-state index in [1.165, 1.54) is 12.4 Å². The first kappa shape index (κ1) is 12.4. The van der Waals surface area contributed by atoms with Crippen molar-refractivity contribution in [2.24, 2.45) is 0 Å². The van der Waals surface area contributed by atoms with E-state index < -0.39 is 5.82 Å². The molecule has 0 aliphatic rings. The summed E-state index contributed by atoms with van der Waals surface area (Å²) in [4.78, 5) is 4.01. The van der Waals surface area contributed by atoms with Crippen molar-refractivity contribution in [3.63, 3.8) is 0 Å². The molecule has 0 aliphatic heterocycles. The summed E-state index contributed by atoms with van der Waals surface area (Å²) in [6, 6.07) is 4.74. The van der Waals surface area contributed by atoms with Gasteiger partial charge in [-0.2, -0.15) is 5.10 Å². The van der Waals surface area contributed by atoms with Crippen LogP contribution >= 0.6 is 0 Å². The maximum Gasteiger partial charge on any atom is 0.151 e. The Morgan fingerprint density at radius 2 is 2.10 bits per heavy atom.